The molecule has 2 aromatic carbocycles. The van der Waals surface area contributed by atoms with Gasteiger partial charge in [-0.1, -0.05) is 29.3 Å². The molecule has 25 heavy (non-hydrogen) atoms. The van der Waals surface area contributed by atoms with Crippen LogP contribution in [0.3, 0.4) is 0 Å². The van der Waals surface area contributed by atoms with Gasteiger partial charge in [-0.25, -0.2) is 4.39 Å². The number of halogens is 3. The van der Waals surface area contributed by atoms with E-state index in [1.54, 1.807) is 36.5 Å². The number of aromatic nitrogens is 1. The van der Waals surface area contributed by atoms with Gasteiger partial charge in [0.2, 0.25) is 0 Å². The van der Waals surface area contributed by atoms with E-state index in [9.17, 15) is 9.50 Å². The van der Waals surface area contributed by atoms with E-state index in [4.69, 9.17) is 27.9 Å². The molecular formula is C18H15Cl2FN2O2. The molecule has 0 saturated heterocycles. The monoisotopic (exact) mass is 380 g/mol. The number of aliphatic hydroxyl groups is 1. The first kappa shape index (κ1) is 17.7. The molecule has 0 radical (unpaired) electrons. The number of nitrogens with zero attached hydrogens (tertiary/aromatic N) is 1. The van der Waals surface area contributed by atoms with E-state index >= 15 is 0 Å². The molecular weight excluding hydrogens is 366 g/mol. The van der Waals surface area contributed by atoms with E-state index in [0.717, 1.165) is 11.1 Å². The predicted molar refractivity (Wildman–Crippen MR) is 98.2 cm³/mol. The van der Waals surface area contributed by atoms with Crippen LogP contribution in [0.15, 0.2) is 48.7 Å². The second-order valence-electron chi connectivity index (χ2n) is 5.42. The standard InChI is InChI=1S/C18H15Cl2FN2O2/c19-14-2-1-3-17(18(14)20)25-10-12(24)9-23-15-6-7-22-16-8-11(21)4-5-13(15)16/h1-8,12,24H,9-10H2,(H,22,23). The van der Waals surface area contributed by atoms with Crippen molar-refractivity contribution in [2.45, 2.75) is 6.10 Å². The Kier molecular flexibility index (Phi) is 5.58. The average Bonchev–Trinajstić information content (AvgIpc) is 2.60. The fourth-order valence-electron chi connectivity index (χ4n) is 2.34. The molecule has 0 fully saturated rings. The highest BCUT2D eigenvalue weighted by molar-refractivity contribution is 6.42. The van der Waals surface area contributed by atoms with Gasteiger partial charge in [0.1, 0.15) is 29.3 Å². The molecule has 0 aliphatic heterocycles. The van der Waals surface area contributed by atoms with Gasteiger partial charge in [0.05, 0.1) is 10.5 Å². The van der Waals surface area contributed by atoms with Crippen LogP contribution in [0, 0.1) is 5.82 Å². The molecule has 0 bridgehead atoms. The molecule has 2 N–H and O–H groups in total. The van der Waals surface area contributed by atoms with E-state index < -0.39 is 6.10 Å². The summed E-state index contributed by atoms with van der Waals surface area (Å²) >= 11 is 12.0. The van der Waals surface area contributed by atoms with Crippen molar-refractivity contribution in [3.8, 4) is 5.75 Å². The maximum Gasteiger partial charge on any atom is 0.139 e. The highest BCUT2D eigenvalue weighted by Crippen LogP contribution is 2.31. The van der Waals surface area contributed by atoms with Crippen molar-refractivity contribution in [3.05, 3.63) is 64.5 Å². The second kappa shape index (κ2) is 7.87. The van der Waals surface area contributed by atoms with Crippen LogP contribution in [0.25, 0.3) is 10.9 Å². The third kappa shape index (κ3) is 4.31. The molecule has 0 aliphatic carbocycles. The van der Waals surface area contributed by atoms with E-state index in [1.165, 1.54) is 12.1 Å². The first-order valence-corrected chi connectivity index (χ1v) is 8.33. The van der Waals surface area contributed by atoms with E-state index in [0.29, 0.717) is 21.3 Å². The van der Waals surface area contributed by atoms with Crippen LogP contribution in [0.5, 0.6) is 5.75 Å². The third-order valence-corrected chi connectivity index (χ3v) is 4.38. The highest BCUT2D eigenvalue weighted by Gasteiger charge is 2.10. The summed E-state index contributed by atoms with van der Waals surface area (Å²) in [4.78, 5) is 4.13. The summed E-state index contributed by atoms with van der Waals surface area (Å²) < 4.78 is 18.8. The number of benzene rings is 2. The van der Waals surface area contributed by atoms with Crippen LogP contribution in [-0.2, 0) is 0 Å². The van der Waals surface area contributed by atoms with Crippen LogP contribution in [0.1, 0.15) is 0 Å². The van der Waals surface area contributed by atoms with Crippen molar-refractivity contribution >= 4 is 39.8 Å². The van der Waals surface area contributed by atoms with Gasteiger partial charge < -0.3 is 15.2 Å². The molecule has 3 aromatic rings. The quantitative estimate of drug-likeness (QED) is 0.659. The lowest BCUT2D eigenvalue weighted by Gasteiger charge is -2.16. The molecule has 1 aromatic heterocycles. The summed E-state index contributed by atoms with van der Waals surface area (Å²) in [6, 6.07) is 11.2. The Labute approximate surface area is 154 Å². The second-order valence-corrected chi connectivity index (χ2v) is 6.20. The Balaban J connectivity index is 1.61. The Morgan fingerprint density at radius 2 is 2.04 bits per heavy atom. The fourth-order valence-corrected chi connectivity index (χ4v) is 2.69. The van der Waals surface area contributed by atoms with Crippen molar-refractivity contribution < 1.29 is 14.2 Å². The zero-order valence-corrected chi connectivity index (χ0v) is 14.6. The predicted octanol–water partition coefficient (Wildman–Crippen LogP) is 4.53. The van der Waals surface area contributed by atoms with Crippen molar-refractivity contribution in [1.82, 2.24) is 4.98 Å². The number of rotatable bonds is 6. The maximum atomic E-state index is 13.3. The Morgan fingerprint density at radius 1 is 1.20 bits per heavy atom. The Morgan fingerprint density at radius 3 is 2.88 bits per heavy atom. The summed E-state index contributed by atoms with van der Waals surface area (Å²) in [7, 11) is 0. The van der Waals surface area contributed by atoms with E-state index in [1.807, 2.05) is 0 Å². The number of fused-ring (bicyclic) bond motifs is 1. The molecule has 0 spiro atoms. The number of hydrogen-bond donors (Lipinski definition) is 2. The van der Waals surface area contributed by atoms with Gasteiger partial charge in [0.15, 0.2) is 0 Å². The van der Waals surface area contributed by atoms with Crippen LogP contribution >= 0.6 is 23.2 Å². The first-order valence-electron chi connectivity index (χ1n) is 7.57. The molecule has 1 unspecified atom stereocenters. The fraction of sp³-hybridized carbons (Fsp3) is 0.167. The van der Waals surface area contributed by atoms with Crippen LogP contribution in [0.2, 0.25) is 10.0 Å². The summed E-state index contributed by atoms with van der Waals surface area (Å²) in [6.07, 6.45) is 0.803. The number of pyridine rings is 1. The van der Waals surface area contributed by atoms with Gasteiger partial charge in [-0.15, -0.1) is 0 Å². The zero-order chi connectivity index (χ0) is 17.8. The molecule has 0 saturated carbocycles. The lowest BCUT2D eigenvalue weighted by atomic mass is 10.2. The minimum atomic E-state index is -0.779. The molecule has 1 heterocycles. The van der Waals surface area contributed by atoms with E-state index in [2.05, 4.69) is 10.3 Å². The lowest BCUT2D eigenvalue weighted by Crippen LogP contribution is -2.26. The molecule has 0 amide bonds. The Hall–Kier alpha value is -2.08. The summed E-state index contributed by atoms with van der Waals surface area (Å²) in [5.74, 6) is 0.0713. The lowest BCUT2D eigenvalue weighted by molar-refractivity contribution is 0.117. The van der Waals surface area contributed by atoms with Crippen molar-refractivity contribution in [2.24, 2.45) is 0 Å². The summed E-state index contributed by atoms with van der Waals surface area (Å²) in [5, 5.41) is 14.7. The smallest absolute Gasteiger partial charge is 0.139 e. The minimum Gasteiger partial charge on any atom is -0.489 e. The molecule has 1 atom stereocenters. The van der Waals surface area contributed by atoms with Crippen molar-refractivity contribution in [3.63, 3.8) is 0 Å². The van der Waals surface area contributed by atoms with Gasteiger partial charge >= 0.3 is 0 Å². The summed E-state index contributed by atoms with van der Waals surface area (Å²) in [5.41, 5.74) is 1.30. The summed E-state index contributed by atoms with van der Waals surface area (Å²) in [6.45, 7) is 0.291. The number of nitrogens with one attached hydrogen (secondary N) is 1. The van der Waals surface area contributed by atoms with Gasteiger partial charge in [-0.3, -0.25) is 4.98 Å². The van der Waals surface area contributed by atoms with Crippen molar-refractivity contribution in [2.75, 3.05) is 18.5 Å². The van der Waals surface area contributed by atoms with Gasteiger partial charge in [0.25, 0.3) is 0 Å². The number of anilines is 1. The van der Waals surface area contributed by atoms with Crippen LogP contribution in [0.4, 0.5) is 10.1 Å². The SMILES string of the molecule is OC(CNc1ccnc2cc(F)ccc12)COc1cccc(Cl)c1Cl. The minimum absolute atomic E-state index is 0.0463. The number of hydrogen-bond acceptors (Lipinski definition) is 4. The largest absolute Gasteiger partial charge is 0.489 e. The first-order chi connectivity index (χ1) is 12.0. The van der Waals surface area contributed by atoms with Crippen LogP contribution in [-0.4, -0.2) is 29.3 Å². The normalized spacial score (nSPS) is 12.2. The van der Waals surface area contributed by atoms with Gasteiger partial charge in [-0.05, 0) is 30.3 Å². The number of ether oxygens (including phenoxy) is 1. The molecule has 130 valence electrons. The molecule has 3 rings (SSSR count). The van der Waals surface area contributed by atoms with Gasteiger partial charge in [0, 0.05) is 29.9 Å². The topological polar surface area (TPSA) is 54.4 Å². The van der Waals surface area contributed by atoms with Gasteiger partial charge in [-0.2, -0.15) is 0 Å². The average molecular weight is 381 g/mol. The zero-order valence-electron chi connectivity index (χ0n) is 13.0. The number of aliphatic hydroxyl groups excluding tert-OH is 1. The van der Waals surface area contributed by atoms with Crippen molar-refractivity contribution in [1.29, 1.82) is 0 Å². The maximum absolute atomic E-state index is 13.3. The highest BCUT2D eigenvalue weighted by atomic mass is 35.5. The molecule has 7 heteroatoms. The molecule has 0 aliphatic rings. The van der Waals surface area contributed by atoms with Crippen LogP contribution < -0.4 is 10.1 Å². The van der Waals surface area contributed by atoms with E-state index in [-0.39, 0.29) is 19.0 Å². The Bertz CT molecular complexity index is 892. The third-order valence-electron chi connectivity index (χ3n) is 3.58. The molecule has 4 nitrogen and oxygen atoms in total.